The molecule has 2 heterocycles. The average molecular weight is 519 g/mol. The van der Waals surface area contributed by atoms with Crippen LogP contribution >= 0.6 is 44.3 Å². The lowest BCUT2D eigenvalue weighted by atomic mass is 10.1. The molecule has 0 aliphatic carbocycles. The van der Waals surface area contributed by atoms with Gasteiger partial charge in [-0.05, 0) is 48.5 Å². The third-order valence-electron chi connectivity index (χ3n) is 5.50. The van der Waals surface area contributed by atoms with E-state index in [-0.39, 0.29) is 22.4 Å². The van der Waals surface area contributed by atoms with Gasteiger partial charge >= 0.3 is 0 Å². The predicted molar refractivity (Wildman–Crippen MR) is 146 cm³/mol. The first-order valence-electron chi connectivity index (χ1n) is 10.2. The van der Waals surface area contributed by atoms with Crippen molar-refractivity contribution in [3.05, 3.63) is 93.2 Å². The van der Waals surface area contributed by atoms with Crippen LogP contribution in [0.1, 0.15) is 0 Å². The summed E-state index contributed by atoms with van der Waals surface area (Å²) in [5.74, 6) is -0.0858. The highest BCUT2D eigenvalue weighted by Gasteiger charge is 2.14. The Hall–Kier alpha value is -3.04. The molecule has 4 nitrogen and oxygen atoms in total. The Labute approximate surface area is 208 Å². The summed E-state index contributed by atoms with van der Waals surface area (Å²) < 4.78 is 3.18. The first-order valence-corrected chi connectivity index (χ1v) is 14.0. The van der Waals surface area contributed by atoms with Gasteiger partial charge in [-0.25, -0.2) is 0 Å². The summed E-state index contributed by atoms with van der Waals surface area (Å²) >= 11 is 2.93. The van der Waals surface area contributed by atoms with Gasteiger partial charge in [0.05, 0.1) is 10.8 Å². The quantitative estimate of drug-likeness (QED) is 0.188. The molecule has 0 spiro atoms. The van der Waals surface area contributed by atoms with Gasteiger partial charge < -0.3 is 10.2 Å². The zero-order valence-corrected chi connectivity index (χ0v) is 20.5. The first-order chi connectivity index (χ1) is 16.5. The van der Waals surface area contributed by atoms with E-state index < -0.39 is 0 Å². The van der Waals surface area contributed by atoms with E-state index in [0.29, 0.717) is 21.5 Å². The van der Waals surface area contributed by atoms with Crippen LogP contribution in [-0.2, 0) is 0 Å². The number of fused-ring (bicyclic) bond motifs is 4. The predicted octanol–water partition coefficient (Wildman–Crippen LogP) is 7.35. The zero-order valence-electron chi connectivity index (χ0n) is 17.3. The second-order valence-corrected chi connectivity index (χ2v) is 12.1. The second kappa shape index (κ2) is 8.32. The fraction of sp³-hybridized carbons (Fsp3) is 0. The summed E-state index contributed by atoms with van der Waals surface area (Å²) in [6.07, 6.45) is 0. The highest BCUT2D eigenvalue weighted by Crippen LogP contribution is 2.44. The van der Waals surface area contributed by atoms with Crippen LogP contribution in [-0.4, -0.2) is 10.2 Å². The van der Waals surface area contributed by atoms with E-state index in [2.05, 4.69) is 0 Å². The summed E-state index contributed by atoms with van der Waals surface area (Å²) in [6.45, 7) is 0. The highest BCUT2D eigenvalue weighted by atomic mass is 33.1. The van der Waals surface area contributed by atoms with E-state index in [9.17, 15) is 19.8 Å². The number of phenols is 2. The molecule has 4 aromatic carbocycles. The van der Waals surface area contributed by atoms with Crippen LogP contribution in [0.15, 0.2) is 92.2 Å². The van der Waals surface area contributed by atoms with Gasteiger partial charge in [0.25, 0.3) is 0 Å². The second-order valence-electron chi connectivity index (χ2n) is 7.65. The average Bonchev–Trinajstić information content (AvgIpc) is 2.82. The molecule has 6 rings (SSSR count). The summed E-state index contributed by atoms with van der Waals surface area (Å²) in [4.78, 5) is 27.3. The van der Waals surface area contributed by atoms with Gasteiger partial charge in [-0.2, -0.15) is 0 Å². The SMILES string of the molecule is O=c1c2ccccc2sc2cc(SSc3cc(O)c4c(=O)c5ccccc5sc4c3)cc(O)c12. The maximum absolute atomic E-state index is 12.9. The largest absolute Gasteiger partial charge is 0.507 e. The molecule has 0 fully saturated rings. The Morgan fingerprint density at radius 3 is 1.41 bits per heavy atom. The van der Waals surface area contributed by atoms with Crippen molar-refractivity contribution in [2.75, 3.05) is 0 Å². The van der Waals surface area contributed by atoms with Crippen LogP contribution in [0.2, 0.25) is 0 Å². The fourth-order valence-corrected chi connectivity index (χ4v) is 8.38. The molecule has 0 saturated heterocycles. The van der Waals surface area contributed by atoms with Crippen LogP contribution in [0, 0.1) is 0 Å². The van der Waals surface area contributed by atoms with Crippen molar-refractivity contribution < 1.29 is 10.2 Å². The van der Waals surface area contributed by atoms with Crippen molar-refractivity contribution in [3.63, 3.8) is 0 Å². The van der Waals surface area contributed by atoms with Gasteiger partial charge in [-0.1, -0.05) is 45.9 Å². The Bertz CT molecular complexity index is 1750. The van der Waals surface area contributed by atoms with Crippen molar-refractivity contribution in [1.82, 2.24) is 0 Å². The third-order valence-corrected chi connectivity index (χ3v) is 10.1. The summed E-state index contributed by atoms with van der Waals surface area (Å²) in [5.41, 5.74) is -0.347. The summed E-state index contributed by atoms with van der Waals surface area (Å²) in [5, 5.41) is 23.1. The van der Waals surface area contributed by atoms with Crippen molar-refractivity contribution in [2.24, 2.45) is 0 Å². The molecule has 6 aromatic rings. The molecular weight excluding hydrogens is 505 g/mol. The molecule has 34 heavy (non-hydrogen) atoms. The number of hydrogen-bond acceptors (Lipinski definition) is 8. The first kappa shape index (κ1) is 21.5. The molecular formula is C26H14O4S4. The molecule has 2 N–H and O–H groups in total. The van der Waals surface area contributed by atoms with Crippen molar-refractivity contribution >= 4 is 84.6 Å². The fourth-order valence-electron chi connectivity index (χ4n) is 3.95. The Morgan fingerprint density at radius 1 is 0.559 bits per heavy atom. The standard InChI is InChI=1S/C26H14O4S4/c27-17-9-13(11-21-23(17)25(29)15-5-1-3-7-19(15)31-21)33-34-14-10-18(28)24-22(12-14)32-20-8-4-2-6-16(20)26(24)30/h1-12,27-28H. The minimum Gasteiger partial charge on any atom is -0.507 e. The van der Waals surface area contributed by atoms with Gasteiger partial charge in [-0.15, -0.1) is 22.7 Å². The maximum atomic E-state index is 12.9. The van der Waals surface area contributed by atoms with Crippen LogP contribution in [0.4, 0.5) is 0 Å². The summed E-state index contributed by atoms with van der Waals surface area (Å²) in [6, 6.07) is 21.8. The minimum absolute atomic E-state index is 0.0429. The molecule has 166 valence electrons. The minimum atomic E-state index is -0.173. The maximum Gasteiger partial charge on any atom is 0.199 e. The van der Waals surface area contributed by atoms with Gasteiger partial charge in [-0.3, -0.25) is 9.59 Å². The number of rotatable bonds is 3. The van der Waals surface area contributed by atoms with E-state index >= 15 is 0 Å². The Morgan fingerprint density at radius 2 is 0.971 bits per heavy atom. The number of hydrogen-bond donors (Lipinski definition) is 2. The monoisotopic (exact) mass is 518 g/mol. The van der Waals surface area contributed by atoms with E-state index in [1.54, 1.807) is 24.3 Å². The van der Waals surface area contributed by atoms with E-state index in [1.807, 2.05) is 48.5 Å². The Balaban J connectivity index is 1.39. The lowest BCUT2D eigenvalue weighted by molar-refractivity contribution is 0.479. The molecule has 0 radical (unpaired) electrons. The highest BCUT2D eigenvalue weighted by molar-refractivity contribution is 8.76. The smallest absolute Gasteiger partial charge is 0.199 e. The molecule has 8 heteroatoms. The lowest BCUT2D eigenvalue weighted by Crippen LogP contribution is -2.01. The number of aromatic hydroxyl groups is 2. The van der Waals surface area contributed by atoms with Crippen LogP contribution in [0.3, 0.4) is 0 Å². The van der Waals surface area contributed by atoms with Crippen LogP contribution < -0.4 is 10.9 Å². The molecule has 0 saturated carbocycles. The lowest BCUT2D eigenvalue weighted by Gasteiger charge is -2.08. The molecule has 0 bridgehead atoms. The molecule has 0 unspecified atom stereocenters. The van der Waals surface area contributed by atoms with Gasteiger partial charge in [0, 0.05) is 39.4 Å². The molecule has 0 atom stereocenters. The summed E-state index contributed by atoms with van der Waals surface area (Å²) in [7, 11) is 2.83. The van der Waals surface area contributed by atoms with E-state index in [4.69, 9.17) is 0 Å². The van der Waals surface area contributed by atoms with Crippen molar-refractivity contribution in [2.45, 2.75) is 9.79 Å². The normalized spacial score (nSPS) is 11.6. The number of phenolic OH excluding ortho intramolecular Hbond substituents is 2. The Kier molecular flexibility index (Phi) is 5.26. The molecule has 0 aliphatic rings. The molecule has 0 aliphatic heterocycles. The van der Waals surface area contributed by atoms with Crippen LogP contribution in [0.25, 0.3) is 40.3 Å². The van der Waals surface area contributed by atoms with E-state index in [0.717, 1.165) is 28.6 Å². The van der Waals surface area contributed by atoms with Gasteiger partial charge in [0.1, 0.15) is 11.5 Å². The molecule has 2 aromatic heterocycles. The number of benzene rings is 4. The topological polar surface area (TPSA) is 74.6 Å². The zero-order chi connectivity index (χ0) is 23.4. The van der Waals surface area contributed by atoms with Crippen molar-refractivity contribution in [3.8, 4) is 11.5 Å². The van der Waals surface area contributed by atoms with E-state index in [1.165, 1.54) is 44.3 Å². The van der Waals surface area contributed by atoms with Gasteiger partial charge in [0.2, 0.25) is 0 Å². The van der Waals surface area contributed by atoms with Crippen LogP contribution in [0.5, 0.6) is 11.5 Å². The van der Waals surface area contributed by atoms with Crippen molar-refractivity contribution in [1.29, 1.82) is 0 Å². The third kappa shape index (κ3) is 3.54. The molecule has 0 amide bonds. The van der Waals surface area contributed by atoms with Gasteiger partial charge in [0.15, 0.2) is 10.9 Å².